The van der Waals surface area contributed by atoms with Crippen LogP contribution in [0.4, 0.5) is 0 Å². The van der Waals surface area contributed by atoms with Crippen LogP contribution in [0.5, 0.6) is 0 Å². The predicted molar refractivity (Wildman–Crippen MR) is 39.6 cm³/mol. The Kier molecular flexibility index (Phi) is 1.93. The van der Waals surface area contributed by atoms with Crippen molar-refractivity contribution >= 4 is 5.91 Å². The molecule has 0 aliphatic rings. The predicted octanol–water partition coefficient (Wildman–Crippen LogP) is -0.385. The SMILES string of the molecule is C#CCn1ccc(C(N)=O)n1. The lowest BCUT2D eigenvalue weighted by Crippen LogP contribution is -2.12. The number of hydrogen-bond acceptors (Lipinski definition) is 2. The zero-order valence-corrected chi connectivity index (χ0v) is 5.82. The van der Waals surface area contributed by atoms with Gasteiger partial charge in [-0.15, -0.1) is 6.42 Å². The smallest absolute Gasteiger partial charge is 0.269 e. The minimum atomic E-state index is -0.541. The van der Waals surface area contributed by atoms with Crippen LogP contribution in [0.25, 0.3) is 0 Å². The summed E-state index contributed by atoms with van der Waals surface area (Å²) in [5, 5.41) is 3.80. The van der Waals surface area contributed by atoms with Gasteiger partial charge in [-0.25, -0.2) is 0 Å². The lowest BCUT2D eigenvalue weighted by Gasteiger charge is -1.90. The lowest BCUT2D eigenvalue weighted by molar-refractivity contribution is 0.0995. The van der Waals surface area contributed by atoms with Crippen molar-refractivity contribution in [2.75, 3.05) is 0 Å². The third-order valence-electron chi connectivity index (χ3n) is 1.15. The van der Waals surface area contributed by atoms with E-state index in [-0.39, 0.29) is 5.69 Å². The summed E-state index contributed by atoms with van der Waals surface area (Å²) >= 11 is 0. The molecule has 0 radical (unpaired) electrons. The molecule has 0 aliphatic carbocycles. The lowest BCUT2D eigenvalue weighted by atomic mass is 10.4. The second-order valence-electron chi connectivity index (χ2n) is 1.97. The largest absolute Gasteiger partial charge is 0.364 e. The van der Waals surface area contributed by atoms with Gasteiger partial charge < -0.3 is 5.73 Å². The summed E-state index contributed by atoms with van der Waals surface area (Å²) in [4.78, 5) is 10.5. The van der Waals surface area contributed by atoms with Crippen LogP contribution in [0.15, 0.2) is 12.3 Å². The number of carbonyl (C=O) groups is 1. The van der Waals surface area contributed by atoms with Crippen molar-refractivity contribution in [2.45, 2.75) is 6.54 Å². The van der Waals surface area contributed by atoms with Gasteiger partial charge >= 0.3 is 0 Å². The average molecular weight is 149 g/mol. The van der Waals surface area contributed by atoms with Gasteiger partial charge in [-0.1, -0.05) is 5.92 Å². The second-order valence-corrected chi connectivity index (χ2v) is 1.97. The van der Waals surface area contributed by atoms with Gasteiger partial charge in [-0.2, -0.15) is 5.10 Å². The molecule has 0 bridgehead atoms. The van der Waals surface area contributed by atoms with E-state index >= 15 is 0 Å². The van der Waals surface area contributed by atoms with Crippen LogP contribution in [0.3, 0.4) is 0 Å². The highest BCUT2D eigenvalue weighted by atomic mass is 16.1. The summed E-state index contributed by atoms with van der Waals surface area (Å²) < 4.78 is 1.47. The number of nitrogens with two attached hydrogens (primary N) is 1. The van der Waals surface area contributed by atoms with Gasteiger partial charge in [-0.3, -0.25) is 9.48 Å². The zero-order chi connectivity index (χ0) is 8.27. The number of rotatable bonds is 2. The molecule has 1 aromatic heterocycles. The third-order valence-corrected chi connectivity index (χ3v) is 1.15. The molecule has 1 amide bonds. The van der Waals surface area contributed by atoms with Gasteiger partial charge in [0.1, 0.15) is 12.2 Å². The van der Waals surface area contributed by atoms with Crippen LogP contribution < -0.4 is 5.73 Å². The summed E-state index contributed by atoms with van der Waals surface area (Å²) in [6, 6.07) is 1.53. The first kappa shape index (κ1) is 7.35. The summed E-state index contributed by atoms with van der Waals surface area (Å²) in [6.45, 7) is 0.354. The molecule has 0 spiro atoms. The first-order chi connectivity index (χ1) is 5.24. The fraction of sp³-hybridized carbons (Fsp3) is 0.143. The van der Waals surface area contributed by atoms with E-state index in [0.29, 0.717) is 6.54 Å². The molecule has 0 saturated heterocycles. The Morgan fingerprint density at radius 3 is 3.09 bits per heavy atom. The van der Waals surface area contributed by atoms with E-state index in [1.807, 2.05) is 0 Å². The number of nitrogens with zero attached hydrogens (tertiary/aromatic N) is 2. The van der Waals surface area contributed by atoms with Crippen molar-refractivity contribution in [3.8, 4) is 12.3 Å². The Balaban J connectivity index is 2.83. The minimum Gasteiger partial charge on any atom is -0.364 e. The Hall–Kier alpha value is -1.76. The third kappa shape index (κ3) is 1.58. The maximum Gasteiger partial charge on any atom is 0.269 e. The molecular weight excluding hydrogens is 142 g/mol. The van der Waals surface area contributed by atoms with Crippen molar-refractivity contribution in [1.29, 1.82) is 0 Å². The van der Waals surface area contributed by atoms with Gasteiger partial charge in [0, 0.05) is 6.20 Å². The molecule has 0 fully saturated rings. The van der Waals surface area contributed by atoms with Crippen LogP contribution in [0.2, 0.25) is 0 Å². The van der Waals surface area contributed by atoms with Gasteiger partial charge in [0.15, 0.2) is 0 Å². The van der Waals surface area contributed by atoms with Crippen LogP contribution in [-0.4, -0.2) is 15.7 Å². The monoisotopic (exact) mass is 149 g/mol. The molecule has 0 atom stereocenters. The molecular formula is C7H7N3O. The normalized spacial score (nSPS) is 9.00. The van der Waals surface area contributed by atoms with Gasteiger partial charge in [-0.05, 0) is 6.07 Å². The number of terminal acetylenes is 1. The summed E-state index contributed by atoms with van der Waals surface area (Å²) in [5.41, 5.74) is 5.19. The maximum atomic E-state index is 10.5. The molecule has 1 heterocycles. The fourth-order valence-electron chi connectivity index (χ4n) is 0.675. The standard InChI is InChI=1S/C7H7N3O/c1-2-4-10-5-3-6(9-10)7(8)11/h1,3,5H,4H2,(H2,8,11). The van der Waals surface area contributed by atoms with E-state index in [9.17, 15) is 4.79 Å². The molecule has 1 aromatic rings. The van der Waals surface area contributed by atoms with Gasteiger partial charge in [0.2, 0.25) is 0 Å². The number of hydrogen-bond donors (Lipinski definition) is 1. The summed E-state index contributed by atoms with van der Waals surface area (Å²) in [7, 11) is 0. The van der Waals surface area contributed by atoms with Crippen LogP contribution in [0.1, 0.15) is 10.5 Å². The summed E-state index contributed by atoms with van der Waals surface area (Å²) in [5.74, 6) is 1.84. The Morgan fingerprint density at radius 2 is 2.64 bits per heavy atom. The maximum absolute atomic E-state index is 10.5. The highest BCUT2D eigenvalue weighted by Gasteiger charge is 2.02. The van der Waals surface area contributed by atoms with Crippen molar-refractivity contribution in [3.05, 3.63) is 18.0 Å². The van der Waals surface area contributed by atoms with Crippen LogP contribution in [0, 0.1) is 12.3 Å². The van der Waals surface area contributed by atoms with Crippen molar-refractivity contribution in [1.82, 2.24) is 9.78 Å². The molecule has 11 heavy (non-hydrogen) atoms. The summed E-state index contributed by atoms with van der Waals surface area (Å²) in [6.07, 6.45) is 6.63. The highest BCUT2D eigenvalue weighted by Crippen LogP contribution is 1.92. The van der Waals surface area contributed by atoms with E-state index < -0.39 is 5.91 Å². The van der Waals surface area contributed by atoms with Gasteiger partial charge in [0.05, 0.1) is 0 Å². The molecule has 0 aromatic carbocycles. The molecule has 1 rings (SSSR count). The molecule has 0 aliphatic heterocycles. The van der Waals surface area contributed by atoms with Crippen molar-refractivity contribution in [3.63, 3.8) is 0 Å². The molecule has 56 valence electrons. The zero-order valence-electron chi connectivity index (χ0n) is 5.82. The number of primary amides is 1. The Bertz CT molecular complexity index is 308. The number of carbonyl (C=O) groups excluding carboxylic acids is 1. The quantitative estimate of drug-likeness (QED) is 0.582. The number of amides is 1. The second kappa shape index (κ2) is 2.88. The van der Waals surface area contributed by atoms with E-state index in [0.717, 1.165) is 0 Å². The fourth-order valence-corrected chi connectivity index (χ4v) is 0.675. The molecule has 4 nitrogen and oxygen atoms in total. The van der Waals surface area contributed by atoms with Crippen LogP contribution >= 0.6 is 0 Å². The Labute approximate surface area is 64.0 Å². The van der Waals surface area contributed by atoms with E-state index in [2.05, 4.69) is 11.0 Å². The molecule has 4 heteroatoms. The minimum absolute atomic E-state index is 0.236. The van der Waals surface area contributed by atoms with E-state index in [1.54, 1.807) is 6.20 Å². The molecule has 0 unspecified atom stereocenters. The van der Waals surface area contributed by atoms with Gasteiger partial charge in [0.25, 0.3) is 5.91 Å². The number of aromatic nitrogens is 2. The van der Waals surface area contributed by atoms with Crippen molar-refractivity contribution < 1.29 is 4.79 Å². The topological polar surface area (TPSA) is 60.9 Å². The molecule has 2 N–H and O–H groups in total. The first-order valence-corrected chi connectivity index (χ1v) is 3.01. The average Bonchev–Trinajstić information content (AvgIpc) is 2.37. The van der Waals surface area contributed by atoms with E-state index in [1.165, 1.54) is 10.7 Å². The highest BCUT2D eigenvalue weighted by molar-refractivity contribution is 5.90. The molecule has 0 saturated carbocycles. The van der Waals surface area contributed by atoms with E-state index in [4.69, 9.17) is 12.2 Å². The Morgan fingerprint density at radius 1 is 1.91 bits per heavy atom. The van der Waals surface area contributed by atoms with Crippen molar-refractivity contribution in [2.24, 2.45) is 5.73 Å². The van der Waals surface area contributed by atoms with Crippen LogP contribution in [-0.2, 0) is 6.54 Å². The first-order valence-electron chi connectivity index (χ1n) is 3.01.